The van der Waals surface area contributed by atoms with Crippen LogP contribution in [0.2, 0.25) is 0 Å². The minimum absolute atomic E-state index is 0.0384. The molecule has 0 aromatic heterocycles. The molecule has 0 rings (SSSR count). The topological polar surface area (TPSA) is 102 Å². The van der Waals surface area contributed by atoms with Gasteiger partial charge in [0.2, 0.25) is 0 Å². The normalized spacial score (nSPS) is 14.3. The fraction of sp³-hybridized carbons (Fsp3) is 0.500. The first-order valence-electron chi connectivity index (χ1n) is 19.6. The van der Waals surface area contributed by atoms with E-state index in [-0.39, 0.29) is 43.6 Å². The average Bonchev–Trinajstić information content (AvgIpc) is 3.12. The van der Waals surface area contributed by atoms with E-state index in [2.05, 4.69) is 98.9 Å². The molecule has 0 amide bonds. The van der Waals surface area contributed by atoms with Gasteiger partial charge in [0.25, 0.3) is 0 Å². The van der Waals surface area contributed by atoms with Crippen LogP contribution in [0.5, 0.6) is 0 Å². The minimum atomic E-state index is -1.16. The monoisotopic (exact) mass is 748 g/mol. The molecule has 0 aliphatic heterocycles. The Kier molecular flexibility index (Phi) is 32.9. The summed E-state index contributed by atoms with van der Waals surface area (Å²) in [5, 5.41) is 11.6. The minimum Gasteiger partial charge on any atom is -0.544 e. The van der Waals surface area contributed by atoms with Gasteiger partial charge in [-0.25, -0.2) is 0 Å². The van der Waals surface area contributed by atoms with E-state index in [1.165, 1.54) is 0 Å². The molecule has 0 radical (unpaired) electrons. The Labute approximate surface area is 327 Å². The number of carbonyl (C=O) groups is 3. The fourth-order valence-electron chi connectivity index (χ4n) is 4.69. The Morgan fingerprint density at radius 1 is 0.519 bits per heavy atom. The molecule has 0 spiro atoms. The molecule has 0 aliphatic rings. The van der Waals surface area contributed by atoms with Crippen molar-refractivity contribution in [3.8, 4) is 0 Å². The van der Waals surface area contributed by atoms with E-state index in [1.54, 1.807) is 33.3 Å². The van der Waals surface area contributed by atoms with Crippen molar-refractivity contribution in [1.29, 1.82) is 0 Å². The lowest BCUT2D eigenvalue weighted by atomic mass is 10.1. The SMILES string of the molecule is CC/C=C\C/C=C\C/C=C\C/C=C\C/C=C\CC(=O)OCC(COCCC(C(=O)[O-])[N+](C)(C)C)OC(=O)C/C=C\C/C=C\C/C=C\C/C=C\C/C=C\CC. The van der Waals surface area contributed by atoms with Crippen LogP contribution >= 0.6 is 0 Å². The molecule has 54 heavy (non-hydrogen) atoms. The molecule has 2 atom stereocenters. The van der Waals surface area contributed by atoms with E-state index < -0.39 is 30.1 Å². The molecule has 0 saturated carbocycles. The van der Waals surface area contributed by atoms with Crippen LogP contribution in [-0.4, -0.2) is 75.5 Å². The van der Waals surface area contributed by atoms with Crippen LogP contribution in [0, 0.1) is 0 Å². The number of likely N-dealkylation sites (N-methyl/N-ethyl adjacent to an activating group) is 1. The number of nitrogens with zero attached hydrogens (tertiary/aromatic N) is 1. The molecule has 2 unspecified atom stereocenters. The number of carboxylic acids is 1. The average molecular weight is 748 g/mol. The number of hydrogen-bond acceptors (Lipinski definition) is 7. The zero-order valence-corrected chi connectivity index (χ0v) is 33.8. The molecule has 300 valence electrons. The molecule has 0 bridgehead atoms. The maximum absolute atomic E-state index is 12.6. The molecule has 8 nitrogen and oxygen atoms in total. The highest BCUT2D eigenvalue weighted by Crippen LogP contribution is 2.09. The highest BCUT2D eigenvalue weighted by Gasteiger charge is 2.25. The molecule has 0 aliphatic carbocycles. The van der Waals surface area contributed by atoms with Crippen LogP contribution < -0.4 is 5.11 Å². The van der Waals surface area contributed by atoms with Gasteiger partial charge in [0, 0.05) is 6.42 Å². The number of hydrogen-bond donors (Lipinski definition) is 0. The zero-order valence-electron chi connectivity index (χ0n) is 33.8. The zero-order chi connectivity index (χ0) is 40.0. The number of carboxylic acid groups (broad SMARTS) is 1. The first-order chi connectivity index (χ1) is 26.1. The standard InChI is InChI=1S/C46H69NO7/c1-6-8-10-12-14-16-18-20-22-24-26-28-30-32-34-36-44(48)53-41-42(40-52-39-38-43(46(50)51)47(3,4)5)54-45(49)37-35-33-31-29-27-25-23-21-19-17-15-13-11-9-7-2/h8-11,14-17,20-23,26-29,32-35,42-43H,6-7,12-13,18-19,24-25,30-31,36-41H2,1-5H3/b10-8-,11-9-,16-14-,17-15-,22-20-,23-21-,28-26-,29-27-,34-32-,35-33-. The Morgan fingerprint density at radius 3 is 1.22 bits per heavy atom. The van der Waals surface area contributed by atoms with Crippen LogP contribution in [0.1, 0.15) is 97.3 Å². The smallest absolute Gasteiger partial charge is 0.310 e. The van der Waals surface area contributed by atoms with Crippen LogP contribution in [0.4, 0.5) is 0 Å². The number of rotatable bonds is 32. The van der Waals surface area contributed by atoms with Crippen molar-refractivity contribution < 1.29 is 38.2 Å². The van der Waals surface area contributed by atoms with E-state index >= 15 is 0 Å². The fourth-order valence-corrected chi connectivity index (χ4v) is 4.69. The first kappa shape index (κ1) is 49.7. The predicted molar refractivity (Wildman–Crippen MR) is 221 cm³/mol. The Bertz CT molecular complexity index is 1290. The molecule has 0 aromatic carbocycles. The summed E-state index contributed by atoms with van der Waals surface area (Å²) in [7, 11) is 5.32. The number of ether oxygens (including phenoxy) is 3. The van der Waals surface area contributed by atoms with Crippen molar-refractivity contribution in [1.82, 2.24) is 0 Å². The molecule has 0 heterocycles. The van der Waals surface area contributed by atoms with E-state index in [1.807, 2.05) is 24.3 Å². The van der Waals surface area contributed by atoms with Gasteiger partial charge in [-0.2, -0.15) is 0 Å². The number of carbonyl (C=O) groups excluding carboxylic acids is 3. The maximum atomic E-state index is 12.6. The lowest BCUT2D eigenvalue weighted by molar-refractivity contribution is -0.889. The van der Waals surface area contributed by atoms with Crippen molar-refractivity contribution in [2.24, 2.45) is 0 Å². The summed E-state index contributed by atoms with van der Waals surface area (Å²) in [5.41, 5.74) is 0. The third-order valence-corrected chi connectivity index (χ3v) is 7.66. The number of aliphatic carboxylic acids is 1. The van der Waals surface area contributed by atoms with Crippen molar-refractivity contribution >= 4 is 17.9 Å². The summed E-state index contributed by atoms with van der Waals surface area (Å²) in [6.07, 6.45) is 50.0. The first-order valence-corrected chi connectivity index (χ1v) is 19.6. The van der Waals surface area contributed by atoms with Crippen molar-refractivity contribution in [3.05, 3.63) is 122 Å². The largest absolute Gasteiger partial charge is 0.544 e. The Morgan fingerprint density at radius 2 is 0.870 bits per heavy atom. The lowest BCUT2D eigenvalue weighted by Crippen LogP contribution is -2.55. The Balaban J connectivity index is 4.72. The van der Waals surface area contributed by atoms with Crippen LogP contribution in [0.25, 0.3) is 0 Å². The van der Waals surface area contributed by atoms with Gasteiger partial charge in [0.05, 0.1) is 53.2 Å². The highest BCUT2D eigenvalue weighted by molar-refractivity contribution is 5.72. The third kappa shape index (κ3) is 33.6. The van der Waals surface area contributed by atoms with Gasteiger partial charge in [-0.1, -0.05) is 135 Å². The van der Waals surface area contributed by atoms with Crippen molar-refractivity contribution in [3.63, 3.8) is 0 Å². The van der Waals surface area contributed by atoms with E-state index in [4.69, 9.17) is 14.2 Å². The van der Waals surface area contributed by atoms with E-state index in [0.29, 0.717) is 12.8 Å². The van der Waals surface area contributed by atoms with Gasteiger partial charge < -0.3 is 28.6 Å². The second kappa shape index (κ2) is 35.7. The van der Waals surface area contributed by atoms with Crippen LogP contribution in [-0.2, 0) is 28.6 Å². The maximum Gasteiger partial charge on any atom is 0.310 e. The summed E-state index contributed by atoms with van der Waals surface area (Å²) in [6, 6.07) is -0.761. The molecular formula is C46H69NO7. The molecule has 0 saturated heterocycles. The van der Waals surface area contributed by atoms with E-state index in [9.17, 15) is 19.5 Å². The van der Waals surface area contributed by atoms with Gasteiger partial charge in [0.15, 0.2) is 6.10 Å². The van der Waals surface area contributed by atoms with Crippen LogP contribution in [0.15, 0.2) is 122 Å². The van der Waals surface area contributed by atoms with E-state index in [0.717, 1.165) is 51.4 Å². The third-order valence-electron chi connectivity index (χ3n) is 7.66. The van der Waals surface area contributed by atoms with Crippen molar-refractivity contribution in [2.45, 2.75) is 109 Å². The number of allylic oxidation sites excluding steroid dienone is 18. The van der Waals surface area contributed by atoms with Gasteiger partial charge in [0.1, 0.15) is 12.6 Å². The summed E-state index contributed by atoms with van der Waals surface area (Å²) in [4.78, 5) is 36.6. The van der Waals surface area contributed by atoms with Crippen molar-refractivity contribution in [2.75, 3.05) is 41.0 Å². The second-order valence-electron chi connectivity index (χ2n) is 13.4. The lowest BCUT2D eigenvalue weighted by Gasteiger charge is -2.34. The number of quaternary nitrogens is 1. The van der Waals surface area contributed by atoms with Gasteiger partial charge in [-0.05, 0) is 64.2 Å². The predicted octanol–water partition coefficient (Wildman–Crippen LogP) is 8.96. The summed E-state index contributed by atoms with van der Waals surface area (Å²) >= 11 is 0. The molecule has 0 N–H and O–H groups in total. The Hall–Kier alpha value is -4.27. The summed E-state index contributed by atoms with van der Waals surface area (Å²) in [5.74, 6) is -2.08. The summed E-state index contributed by atoms with van der Waals surface area (Å²) in [6.45, 7) is 4.17. The number of esters is 2. The highest BCUT2D eigenvalue weighted by atomic mass is 16.6. The molecule has 8 heteroatoms. The summed E-state index contributed by atoms with van der Waals surface area (Å²) < 4.78 is 16.8. The molecule has 0 fully saturated rings. The van der Waals surface area contributed by atoms with Gasteiger partial charge in [-0.3, -0.25) is 9.59 Å². The molecular weight excluding hydrogens is 679 g/mol. The van der Waals surface area contributed by atoms with Gasteiger partial charge in [-0.15, -0.1) is 0 Å². The molecule has 0 aromatic rings. The van der Waals surface area contributed by atoms with Crippen LogP contribution in [0.3, 0.4) is 0 Å². The van der Waals surface area contributed by atoms with Gasteiger partial charge >= 0.3 is 11.9 Å². The second-order valence-corrected chi connectivity index (χ2v) is 13.4. The quantitative estimate of drug-likeness (QED) is 0.0293.